The Morgan fingerprint density at radius 3 is 2.42 bits per heavy atom. The summed E-state index contributed by atoms with van der Waals surface area (Å²) in [6, 6.07) is 25.0. The molecule has 2 amide bonds. The van der Waals surface area contributed by atoms with E-state index in [0.717, 1.165) is 36.9 Å². The van der Waals surface area contributed by atoms with Crippen molar-refractivity contribution in [3.63, 3.8) is 0 Å². The van der Waals surface area contributed by atoms with Gasteiger partial charge in [0.05, 0.1) is 30.0 Å². The Bertz CT molecular complexity index is 1830. The molecule has 11 heteroatoms. The number of benzene rings is 3. The highest BCUT2D eigenvalue weighted by molar-refractivity contribution is 6.72. The van der Waals surface area contributed by atoms with Crippen molar-refractivity contribution in [3.8, 4) is 0 Å². The fraction of sp³-hybridized carbons (Fsp3) is 0.436. The Balaban J connectivity index is 1.24. The van der Waals surface area contributed by atoms with Gasteiger partial charge < -0.3 is 18.9 Å². The molecule has 9 nitrogen and oxygen atoms in total. The molecule has 1 aromatic heterocycles. The van der Waals surface area contributed by atoms with Gasteiger partial charge in [-0.3, -0.25) is 19.2 Å². The molecular weight excluding hydrogens is 650 g/mol. The number of aryl methyl sites for hydroxylation is 1. The second kappa shape index (κ2) is 13.8. The Kier molecular flexibility index (Phi) is 9.49. The molecule has 1 spiro atoms. The molecule has 3 aromatic carbocycles. The maximum absolute atomic E-state index is 16.5. The summed E-state index contributed by atoms with van der Waals surface area (Å²) in [6.45, 7) is 6.28. The number of carbonyl (C=O) groups excluding carboxylic acids is 2. The molecule has 2 saturated heterocycles. The minimum atomic E-state index is -3.40. The second-order valence-corrected chi connectivity index (χ2v) is 18.3. The van der Waals surface area contributed by atoms with E-state index in [2.05, 4.69) is 10.3 Å². The first-order valence-electron chi connectivity index (χ1n) is 17.9. The summed E-state index contributed by atoms with van der Waals surface area (Å²) in [5.41, 5.74) is 2.53. The van der Waals surface area contributed by atoms with Crippen LogP contribution in [0.4, 0.5) is 21.2 Å². The van der Waals surface area contributed by atoms with Gasteiger partial charge in [-0.25, -0.2) is 0 Å². The van der Waals surface area contributed by atoms with Crippen molar-refractivity contribution in [1.82, 2.24) is 15.0 Å². The summed E-state index contributed by atoms with van der Waals surface area (Å²) in [4.78, 5) is 31.8. The van der Waals surface area contributed by atoms with Crippen molar-refractivity contribution in [2.45, 2.75) is 88.3 Å². The molecule has 0 saturated carbocycles. The van der Waals surface area contributed by atoms with Gasteiger partial charge in [0.1, 0.15) is 0 Å². The zero-order chi connectivity index (χ0) is 35.0. The Morgan fingerprint density at radius 1 is 0.980 bits per heavy atom. The van der Waals surface area contributed by atoms with Crippen LogP contribution in [0.5, 0.6) is 0 Å². The number of aliphatic hydroxyl groups is 1. The summed E-state index contributed by atoms with van der Waals surface area (Å²) >= 11 is 0. The summed E-state index contributed by atoms with van der Waals surface area (Å²) in [5, 5.41) is 18.9. The van der Waals surface area contributed by atoms with Crippen LogP contribution in [0.1, 0.15) is 68.2 Å². The number of hydrogen-bond donors (Lipinski definition) is 1. The van der Waals surface area contributed by atoms with E-state index >= 15 is 4.11 Å². The molecule has 1 unspecified atom stereocenters. The second-order valence-electron chi connectivity index (χ2n) is 14.5. The van der Waals surface area contributed by atoms with Gasteiger partial charge in [0.2, 0.25) is 14.3 Å². The molecule has 0 bridgehead atoms. The van der Waals surface area contributed by atoms with Gasteiger partial charge in [-0.2, -0.15) is 0 Å². The van der Waals surface area contributed by atoms with Crippen LogP contribution in [0, 0.1) is 5.92 Å². The maximum atomic E-state index is 16.5. The van der Waals surface area contributed by atoms with Crippen LogP contribution >= 0.6 is 0 Å². The monoisotopic (exact) mass is 695 g/mol. The number of fused-ring (bicyclic) bond motifs is 2. The van der Waals surface area contributed by atoms with Crippen LogP contribution in [-0.4, -0.2) is 59.6 Å². The first-order valence-corrected chi connectivity index (χ1v) is 20.9. The van der Waals surface area contributed by atoms with E-state index < -0.39 is 31.6 Å². The van der Waals surface area contributed by atoms with Gasteiger partial charge in [-0.15, -0.1) is 5.10 Å². The van der Waals surface area contributed by atoms with Gasteiger partial charge in [0, 0.05) is 54.1 Å². The summed E-state index contributed by atoms with van der Waals surface area (Å²) in [7, 11) is -3.40. The number of aromatic nitrogens is 3. The molecule has 7 rings (SSSR count). The quantitative estimate of drug-likeness (QED) is 0.146. The fourth-order valence-corrected chi connectivity index (χ4v) is 11.1. The topological polar surface area (TPSA) is 101 Å². The lowest BCUT2D eigenvalue weighted by Gasteiger charge is -2.31. The molecule has 3 aliphatic rings. The average Bonchev–Trinajstić information content (AvgIpc) is 3.76. The highest BCUT2D eigenvalue weighted by atomic mass is 28.4. The van der Waals surface area contributed by atoms with Crippen molar-refractivity contribution in [2.24, 2.45) is 5.92 Å². The largest absolute Gasteiger partial charge is 0.395 e. The van der Waals surface area contributed by atoms with Gasteiger partial charge >= 0.3 is 0 Å². The van der Waals surface area contributed by atoms with Crippen LogP contribution in [0.15, 0.2) is 85.1 Å². The first kappa shape index (κ1) is 34.3. The van der Waals surface area contributed by atoms with Crippen LogP contribution in [-0.2, 0) is 26.5 Å². The molecule has 4 heterocycles. The maximum Gasteiger partial charge on any atom is 0.268 e. The van der Waals surface area contributed by atoms with Crippen LogP contribution < -0.4 is 9.80 Å². The molecule has 0 radical (unpaired) electrons. The molecule has 0 aliphatic carbocycles. The van der Waals surface area contributed by atoms with Crippen molar-refractivity contribution in [2.75, 3.05) is 23.0 Å². The van der Waals surface area contributed by atoms with E-state index in [1.165, 1.54) is 0 Å². The Morgan fingerprint density at radius 2 is 1.70 bits per heavy atom. The normalized spacial score (nSPS) is 24.8. The number of nitrogens with zero attached hydrogens (tertiary/aromatic N) is 5. The number of para-hydroxylation sites is 1. The molecule has 50 heavy (non-hydrogen) atoms. The summed E-state index contributed by atoms with van der Waals surface area (Å²) < 4.78 is 25.3. The van der Waals surface area contributed by atoms with Crippen molar-refractivity contribution >= 4 is 37.3 Å². The molecule has 4 aromatic rings. The fourth-order valence-electron chi connectivity index (χ4n) is 8.56. The highest BCUT2D eigenvalue weighted by Gasteiger charge is 2.67. The number of carbonyl (C=O) groups is 2. The zero-order valence-corrected chi connectivity index (χ0v) is 30.0. The van der Waals surface area contributed by atoms with E-state index in [1.54, 1.807) is 22.7 Å². The Hall–Kier alpha value is -4.19. The standard InChI is InChI=1S/C39H46FN5O4Si/c1-27-37(50(2,3)40)35(21-23-43-25-33(41-42-43)31(26-46)28-14-8-6-9-15-28)49-39(27)32-24-30(44-22-13-5-4-12-18-36(44)47)19-20-34(32)45(38(39)48)29-16-10-7-11-17-29/h6-11,14-17,19-20,24-25,27,31,35,37,46H,4-5,12-13,18,21-23,26H2,1-3H3/t27-,31?,35+,37-,39+/m1/s1. The average molecular weight is 696 g/mol. The molecule has 262 valence electrons. The smallest absolute Gasteiger partial charge is 0.268 e. The predicted octanol–water partition coefficient (Wildman–Crippen LogP) is 7.24. The third-order valence-electron chi connectivity index (χ3n) is 10.9. The van der Waals surface area contributed by atoms with Crippen LogP contribution in [0.2, 0.25) is 18.6 Å². The number of amides is 2. The zero-order valence-electron chi connectivity index (χ0n) is 29.0. The summed E-state index contributed by atoms with van der Waals surface area (Å²) in [6.07, 6.45) is 6.08. The number of anilines is 3. The van der Waals surface area contributed by atoms with E-state index in [9.17, 15) is 14.7 Å². The highest BCUT2D eigenvalue weighted by Crippen LogP contribution is 2.61. The van der Waals surface area contributed by atoms with Gasteiger partial charge in [-0.05, 0) is 68.3 Å². The summed E-state index contributed by atoms with van der Waals surface area (Å²) in [5.74, 6) is -0.934. The lowest BCUT2D eigenvalue weighted by Crippen LogP contribution is -2.44. The van der Waals surface area contributed by atoms with Gasteiger partial charge in [0.25, 0.3) is 5.91 Å². The lowest BCUT2D eigenvalue weighted by molar-refractivity contribution is -0.145. The number of ether oxygens (including phenoxy) is 1. The number of hydrogen-bond acceptors (Lipinski definition) is 6. The third kappa shape index (κ3) is 6.09. The van der Waals surface area contributed by atoms with Gasteiger partial charge in [0.15, 0.2) is 5.60 Å². The van der Waals surface area contributed by atoms with Crippen molar-refractivity contribution in [1.29, 1.82) is 0 Å². The minimum Gasteiger partial charge on any atom is -0.395 e. The first-order chi connectivity index (χ1) is 24.1. The van der Waals surface area contributed by atoms with E-state index in [4.69, 9.17) is 4.74 Å². The van der Waals surface area contributed by atoms with E-state index in [1.807, 2.05) is 96.9 Å². The molecular formula is C39H46FN5O4Si. The van der Waals surface area contributed by atoms with Crippen molar-refractivity contribution in [3.05, 3.63) is 102 Å². The van der Waals surface area contributed by atoms with E-state index in [0.29, 0.717) is 48.6 Å². The molecule has 5 atom stereocenters. The molecule has 1 N–H and O–H groups in total. The number of halogens is 1. The van der Waals surface area contributed by atoms with E-state index in [-0.39, 0.29) is 24.3 Å². The van der Waals surface area contributed by atoms with Crippen molar-refractivity contribution < 1.29 is 23.5 Å². The van der Waals surface area contributed by atoms with Crippen LogP contribution in [0.3, 0.4) is 0 Å². The molecule has 3 aliphatic heterocycles. The number of aliphatic hydroxyl groups excluding tert-OH is 1. The third-order valence-corrected chi connectivity index (χ3v) is 13.4. The SMILES string of the molecule is C[C@@H]1[C@@H]([Si](C)(C)F)[C@H](CCn2cc(C(CO)c3ccccc3)nn2)O[C@@]12C(=O)N(c1ccccc1)c1ccc(N3CCCCCCC3=O)cc12. The Labute approximate surface area is 294 Å². The number of rotatable bonds is 9. The molecule has 2 fully saturated rings. The predicted molar refractivity (Wildman–Crippen MR) is 194 cm³/mol. The van der Waals surface area contributed by atoms with Crippen LogP contribution in [0.25, 0.3) is 0 Å². The minimum absolute atomic E-state index is 0.0827. The lowest BCUT2D eigenvalue weighted by atomic mass is 9.82. The van der Waals surface area contributed by atoms with Gasteiger partial charge in [-0.1, -0.05) is 73.5 Å².